The van der Waals surface area contributed by atoms with Crippen molar-refractivity contribution < 1.29 is 9.84 Å². The van der Waals surface area contributed by atoms with E-state index in [9.17, 15) is 10.0 Å². The van der Waals surface area contributed by atoms with Crippen molar-refractivity contribution in [3.63, 3.8) is 0 Å². The Morgan fingerprint density at radius 3 is 2.09 bits per heavy atom. The number of aromatic hydroxyl groups is 1. The number of hydrogen-bond acceptors (Lipinski definition) is 4. The molecule has 1 aromatic carbocycles. The summed E-state index contributed by atoms with van der Waals surface area (Å²) < 4.78 is 6.57. The van der Waals surface area contributed by atoms with Crippen molar-refractivity contribution in [2.24, 2.45) is 22.9 Å². The van der Waals surface area contributed by atoms with E-state index in [-0.39, 0.29) is 17.9 Å². The summed E-state index contributed by atoms with van der Waals surface area (Å²) in [6.45, 7) is 15.5. The number of nitrogens with zero attached hydrogens (tertiary/aromatic N) is 1. The van der Waals surface area contributed by atoms with Gasteiger partial charge in [-0.2, -0.15) is 4.91 Å². The second-order valence-corrected chi connectivity index (χ2v) is 11.6. The highest BCUT2D eigenvalue weighted by molar-refractivity contribution is 5.58. The molecular weight excluding hydrogens is 410 g/mol. The Morgan fingerprint density at radius 2 is 1.52 bits per heavy atom. The van der Waals surface area contributed by atoms with Crippen molar-refractivity contribution >= 4 is 0 Å². The van der Waals surface area contributed by atoms with Gasteiger partial charge in [-0.3, -0.25) is 0 Å². The lowest BCUT2D eigenvalue weighted by Gasteiger charge is -2.38. The fourth-order valence-corrected chi connectivity index (χ4v) is 5.44. The molecule has 4 heteroatoms. The quantitative estimate of drug-likeness (QED) is 0.283. The van der Waals surface area contributed by atoms with Gasteiger partial charge in [0.1, 0.15) is 23.6 Å². The van der Waals surface area contributed by atoms with Crippen LogP contribution in [-0.4, -0.2) is 10.7 Å². The van der Waals surface area contributed by atoms with E-state index < -0.39 is 0 Å². The third-order valence-corrected chi connectivity index (χ3v) is 7.91. The lowest BCUT2D eigenvalue weighted by molar-refractivity contribution is 0.0511. The second-order valence-electron chi connectivity index (χ2n) is 11.6. The van der Waals surface area contributed by atoms with E-state index >= 15 is 0 Å². The first kappa shape index (κ1) is 27.7. The van der Waals surface area contributed by atoms with E-state index in [2.05, 4.69) is 39.8 Å². The molecular formula is C29H49NO3. The van der Waals surface area contributed by atoms with Gasteiger partial charge in [-0.05, 0) is 69.8 Å². The Hall–Kier alpha value is -1.58. The van der Waals surface area contributed by atoms with Gasteiger partial charge in [-0.15, -0.1) is 0 Å². The number of hydrogen-bond donors (Lipinski definition) is 1. The Bertz CT molecular complexity index is 773. The van der Waals surface area contributed by atoms with Crippen LogP contribution < -0.4 is 4.74 Å². The van der Waals surface area contributed by atoms with Gasteiger partial charge in [0.15, 0.2) is 0 Å². The number of nitroso groups, excluding NO2 is 1. The zero-order valence-corrected chi connectivity index (χ0v) is 22.4. The summed E-state index contributed by atoms with van der Waals surface area (Å²) in [6.07, 6.45) is 13.5. The van der Waals surface area contributed by atoms with Crippen LogP contribution in [0.25, 0.3) is 0 Å². The molecule has 1 N–H and O–H groups in total. The molecule has 3 unspecified atom stereocenters. The molecule has 1 aliphatic heterocycles. The highest BCUT2D eigenvalue weighted by Gasteiger charge is 2.34. The topological polar surface area (TPSA) is 58.9 Å². The molecule has 33 heavy (non-hydrogen) atoms. The fourth-order valence-electron chi connectivity index (χ4n) is 5.44. The molecule has 0 saturated heterocycles. The van der Waals surface area contributed by atoms with Gasteiger partial charge in [0.2, 0.25) is 0 Å². The number of phenolic OH excluding ortho intramolecular Hbond substituents is 1. The molecule has 188 valence electrons. The lowest BCUT2D eigenvalue weighted by Crippen LogP contribution is -2.37. The second kappa shape index (κ2) is 12.8. The summed E-state index contributed by atoms with van der Waals surface area (Å²) in [5.41, 5.74) is 3.22. The third-order valence-electron chi connectivity index (χ3n) is 7.91. The minimum atomic E-state index is -0.183. The smallest absolute Gasteiger partial charge is 0.127 e. The van der Waals surface area contributed by atoms with Crippen LogP contribution in [-0.2, 0) is 13.0 Å². The maximum atomic E-state index is 10.9. The summed E-state index contributed by atoms with van der Waals surface area (Å²) in [7, 11) is 0. The molecule has 0 bridgehead atoms. The lowest BCUT2D eigenvalue weighted by atomic mass is 9.83. The fraction of sp³-hybridized carbons (Fsp3) is 0.793. The van der Waals surface area contributed by atoms with Gasteiger partial charge >= 0.3 is 0 Å². The van der Waals surface area contributed by atoms with E-state index in [4.69, 9.17) is 4.74 Å². The Morgan fingerprint density at radius 1 is 0.939 bits per heavy atom. The normalized spacial score (nSPS) is 19.8. The first-order valence-electron chi connectivity index (χ1n) is 13.4. The molecule has 3 atom stereocenters. The molecule has 0 aliphatic carbocycles. The van der Waals surface area contributed by atoms with Gasteiger partial charge < -0.3 is 9.84 Å². The van der Waals surface area contributed by atoms with Crippen LogP contribution in [0.15, 0.2) is 5.18 Å². The third kappa shape index (κ3) is 8.00. The van der Waals surface area contributed by atoms with Crippen LogP contribution in [0.5, 0.6) is 11.5 Å². The van der Waals surface area contributed by atoms with Gasteiger partial charge in [0.05, 0.1) is 0 Å². The van der Waals surface area contributed by atoms with Gasteiger partial charge in [-0.25, -0.2) is 0 Å². The van der Waals surface area contributed by atoms with E-state index in [1.54, 1.807) is 0 Å². The summed E-state index contributed by atoms with van der Waals surface area (Å²) in [6, 6.07) is 0. The number of benzene rings is 1. The van der Waals surface area contributed by atoms with Crippen LogP contribution in [0.3, 0.4) is 0 Å². The average molecular weight is 460 g/mol. The van der Waals surface area contributed by atoms with Gasteiger partial charge in [0.25, 0.3) is 0 Å². The Labute approximate surface area is 202 Å². The van der Waals surface area contributed by atoms with Crippen LogP contribution in [0.1, 0.15) is 121 Å². The van der Waals surface area contributed by atoms with Gasteiger partial charge in [0, 0.05) is 16.7 Å². The molecule has 0 radical (unpaired) electrons. The van der Waals surface area contributed by atoms with Gasteiger partial charge in [-0.1, -0.05) is 77.8 Å². The molecule has 1 aromatic rings. The van der Waals surface area contributed by atoms with Crippen molar-refractivity contribution in [3.8, 4) is 11.5 Å². The van der Waals surface area contributed by atoms with E-state index in [0.29, 0.717) is 5.56 Å². The molecule has 1 aliphatic rings. The number of phenols is 1. The standard InChI is InChI=1S/C29H49NO3/c1-20(2)11-8-12-21(3)13-9-14-22(4)15-10-17-29(7)18-16-25-23(5)27(31)26(19-30-32)24(6)28(25)33-29/h20-22,31H,8-19H2,1-7H3. The van der Waals surface area contributed by atoms with E-state index in [1.807, 2.05) is 13.8 Å². The van der Waals surface area contributed by atoms with Crippen LogP contribution in [0, 0.1) is 36.5 Å². The monoisotopic (exact) mass is 459 g/mol. The Kier molecular flexibility index (Phi) is 10.7. The largest absolute Gasteiger partial charge is 0.507 e. The molecule has 0 amide bonds. The zero-order chi connectivity index (χ0) is 24.6. The number of fused-ring (bicyclic) bond motifs is 1. The predicted molar refractivity (Wildman–Crippen MR) is 139 cm³/mol. The average Bonchev–Trinajstić information content (AvgIpc) is 2.75. The van der Waals surface area contributed by atoms with Crippen molar-refractivity contribution in [1.29, 1.82) is 0 Å². The molecule has 0 fully saturated rings. The first-order valence-corrected chi connectivity index (χ1v) is 13.4. The van der Waals surface area contributed by atoms with Crippen molar-refractivity contribution in [2.75, 3.05) is 0 Å². The van der Waals surface area contributed by atoms with E-state index in [0.717, 1.165) is 59.5 Å². The molecule has 0 aromatic heterocycles. The minimum absolute atomic E-state index is 0.0142. The molecule has 1 heterocycles. The Balaban J connectivity index is 1.80. The number of rotatable bonds is 14. The van der Waals surface area contributed by atoms with Crippen molar-refractivity contribution in [1.82, 2.24) is 0 Å². The van der Waals surface area contributed by atoms with Crippen molar-refractivity contribution in [2.45, 2.75) is 131 Å². The minimum Gasteiger partial charge on any atom is -0.507 e. The predicted octanol–water partition coefficient (Wildman–Crippen LogP) is 8.80. The summed E-state index contributed by atoms with van der Waals surface area (Å²) >= 11 is 0. The molecule has 0 spiro atoms. The zero-order valence-electron chi connectivity index (χ0n) is 22.4. The highest BCUT2D eigenvalue weighted by Crippen LogP contribution is 2.45. The maximum Gasteiger partial charge on any atom is 0.127 e. The highest BCUT2D eigenvalue weighted by atomic mass is 16.5. The summed E-state index contributed by atoms with van der Waals surface area (Å²) in [5.74, 6) is 3.53. The molecule has 4 nitrogen and oxygen atoms in total. The SMILES string of the molecule is Cc1c(O)c(CN=O)c(C)c2c1CCC(C)(CCCC(C)CCCC(C)CCCC(C)C)O2. The summed E-state index contributed by atoms with van der Waals surface area (Å²) in [4.78, 5) is 10.9. The van der Waals surface area contributed by atoms with Crippen molar-refractivity contribution in [3.05, 3.63) is 27.2 Å². The van der Waals surface area contributed by atoms with Crippen LogP contribution >= 0.6 is 0 Å². The first-order chi connectivity index (χ1) is 15.6. The van der Waals surface area contributed by atoms with Crippen LogP contribution in [0.4, 0.5) is 0 Å². The molecule has 0 saturated carbocycles. The van der Waals surface area contributed by atoms with E-state index in [1.165, 1.54) is 51.4 Å². The molecule has 2 rings (SSSR count). The summed E-state index contributed by atoms with van der Waals surface area (Å²) in [5, 5.41) is 13.5. The van der Waals surface area contributed by atoms with Crippen LogP contribution in [0.2, 0.25) is 0 Å². The maximum absolute atomic E-state index is 10.9. The number of ether oxygens (including phenoxy) is 1.